The number of methoxy groups -OCH3 is 1. The first-order chi connectivity index (χ1) is 14.9. The average Bonchev–Trinajstić information content (AvgIpc) is 3.10. The number of pyridine rings is 1. The van der Waals surface area contributed by atoms with E-state index in [1.165, 1.54) is 10.9 Å². The molecule has 0 saturated carbocycles. The number of aryl methyl sites for hydroxylation is 1. The van der Waals surface area contributed by atoms with E-state index in [-0.39, 0.29) is 5.56 Å². The van der Waals surface area contributed by atoms with Crippen molar-refractivity contribution in [3.63, 3.8) is 0 Å². The van der Waals surface area contributed by atoms with E-state index < -0.39 is 0 Å². The molecule has 0 unspecified atom stereocenters. The topological polar surface area (TPSA) is 72.5 Å². The molecule has 0 amide bonds. The van der Waals surface area contributed by atoms with Gasteiger partial charge in [0.25, 0.3) is 5.56 Å². The first kappa shape index (κ1) is 23.4. The van der Waals surface area contributed by atoms with Gasteiger partial charge in [-0.25, -0.2) is 0 Å². The van der Waals surface area contributed by atoms with Crippen molar-refractivity contribution in [2.24, 2.45) is 0 Å². The van der Waals surface area contributed by atoms with E-state index in [1.807, 2.05) is 6.92 Å². The van der Waals surface area contributed by atoms with Gasteiger partial charge in [-0.15, -0.1) is 0 Å². The molecule has 0 aromatic carbocycles. The zero-order valence-electron chi connectivity index (χ0n) is 18.4. The third-order valence-corrected chi connectivity index (χ3v) is 6.84. The van der Waals surface area contributed by atoms with Crippen molar-refractivity contribution in [3.05, 3.63) is 63.1 Å². The van der Waals surface area contributed by atoms with E-state index in [0.29, 0.717) is 29.7 Å². The molecule has 0 aliphatic carbocycles. The van der Waals surface area contributed by atoms with Crippen LogP contribution in [0.3, 0.4) is 0 Å². The lowest BCUT2D eigenvalue weighted by molar-refractivity contribution is 0.190. The van der Waals surface area contributed by atoms with E-state index in [0.717, 1.165) is 49.4 Å². The number of anilines is 1. The molecule has 8 heteroatoms. The number of piperidine rings is 1. The van der Waals surface area contributed by atoms with Gasteiger partial charge in [0.15, 0.2) is 0 Å². The van der Waals surface area contributed by atoms with Crippen molar-refractivity contribution in [2.75, 3.05) is 32.5 Å². The molecule has 3 N–H and O–H groups in total. The van der Waals surface area contributed by atoms with Gasteiger partial charge in [0.1, 0.15) is 13.6 Å². The van der Waals surface area contributed by atoms with Crippen molar-refractivity contribution in [3.8, 4) is 0 Å². The Labute approximate surface area is 189 Å². The van der Waals surface area contributed by atoms with Gasteiger partial charge >= 0.3 is 0 Å². The fourth-order valence-corrected chi connectivity index (χ4v) is 4.73. The van der Waals surface area contributed by atoms with Crippen LogP contribution in [0.25, 0.3) is 6.08 Å². The Hall–Kier alpha value is -2.29. The highest BCUT2D eigenvalue weighted by atomic mass is 32.1. The number of hydrogen-bond donors (Lipinski definition) is 2. The number of hydrogen-bond acceptors (Lipinski definition) is 6. The normalized spacial score (nSPS) is 15.9. The van der Waals surface area contributed by atoms with Crippen LogP contribution in [0, 0.1) is 6.92 Å². The average molecular weight is 438 g/mol. The first-order valence-corrected chi connectivity index (χ1v) is 11.4. The third-order valence-electron chi connectivity index (χ3n) is 5.77. The van der Waals surface area contributed by atoms with E-state index >= 15 is 0 Å². The number of thiophene rings is 1. The van der Waals surface area contributed by atoms with Crippen molar-refractivity contribution in [1.29, 1.82) is 0 Å². The van der Waals surface area contributed by atoms with Gasteiger partial charge in [0.2, 0.25) is 0 Å². The molecule has 0 spiro atoms. The maximum Gasteiger partial charge on any atom is 0.251 e. The summed E-state index contributed by atoms with van der Waals surface area (Å²) in [6.07, 6.45) is 5.54. The predicted molar refractivity (Wildman–Crippen MR) is 131 cm³/mol. The Morgan fingerprint density at radius 1 is 1.39 bits per heavy atom. The number of nitrogens with zero attached hydrogens (tertiary/aromatic N) is 2. The second kappa shape index (κ2) is 10.8. The van der Waals surface area contributed by atoms with Gasteiger partial charge in [-0.1, -0.05) is 6.58 Å². The Morgan fingerprint density at radius 3 is 2.74 bits per heavy atom. The number of allylic oxidation sites excluding steroid dienone is 1. The summed E-state index contributed by atoms with van der Waals surface area (Å²) in [7, 11) is 7.53. The maximum atomic E-state index is 12.5. The number of ether oxygens (including phenoxy) is 1. The standard InChI is InChI=1S/C23H31BN4O2S/c1-4-18(30-3)14-21-20(25)5-6-22(29)28(21)12-11-27-9-7-17(8-10-27)26-15-19-13-16(2)23(24)31-19/h4-6,13-14,17,26H,1,7-12,15,25H2,2-3H3/b18-14+. The highest BCUT2D eigenvalue weighted by Crippen LogP contribution is 2.17. The van der Waals surface area contributed by atoms with Crippen LogP contribution < -0.4 is 21.4 Å². The quantitative estimate of drug-likeness (QED) is 0.356. The minimum Gasteiger partial charge on any atom is -0.497 e. The molecule has 3 heterocycles. The summed E-state index contributed by atoms with van der Waals surface area (Å²) < 4.78 is 7.89. The fraction of sp³-hybridized carbons (Fsp3) is 0.435. The molecular formula is C23H31BN4O2S. The third kappa shape index (κ3) is 6.12. The maximum absolute atomic E-state index is 12.5. The van der Waals surface area contributed by atoms with Gasteiger partial charge in [0.05, 0.1) is 18.5 Å². The SMILES string of the molecule is [B]c1sc(CNC2CCN(CCn3c(/C=C(\C=C)OC)c(N)ccc3=O)CC2)cc1C. The molecule has 6 nitrogen and oxygen atoms in total. The summed E-state index contributed by atoms with van der Waals surface area (Å²) in [6.45, 7) is 10.0. The van der Waals surface area contributed by atoms with E-state index in [9.17, 15) is 4.79 Å². The minimum atomic E-state index is -0.0676. The highest BCUT2D eigenvalue weighted by Gasteiger charge is 2.19. The number of rotatable bonds is 9. The fourth-order valence-electron chi connectivity index (χ4n) is 3.84. The Morgan fingerprint density at radius 2 is 2.13 bits per heavy atom. The summed E-state index contributed by atoms with van der Waals surface area (Å²) in [4.78, 5) is 16.2. The molecule has 0 atom stereocenters. The Kier molecular flexibility index (Phi) is 8.18. The molecule has 0 bridgehead atoms. The van der Waals surface area contributed by atoms with E-state index in [2.05, 4.69) is 22.9 Å². The molecule has 1 saturated heterocycles. The van der Waals surface area contributed by atoms with Crippen molar-refractivity contribution in [2.45, 2.75) is 38.9 Å². The highest BCUT2D eigenvalue weighted by molar-refractivity contribution is 7.20. The van der Waals surface area contributed by atoms with Gasteiger partial charge in [-0.3, -0.25) is 4.79 Å². The lowest BCUT2D eigenvalue weighted by Crippen LogP contribution is -2.43. The van der Waals surface area contributed by atoms with Gasteiger partial charge in [-0.2, -0.15) is 11.3 Å². The van der Waals surface area contributed by atoms with Crippen LogP contribution >= 0.6 is 11.3 Å². The zero-order chi connectivity index (χ0) is 22.4. The van der Waals surface area contributed by atoms with Crippen LogP contribution in [0.15, 0.2) is 41.4 Å². The van der Waals surface area contributed by atoms with Crippen LogP contribution in [-0.4, -0.2) is 50.1 Å². The van der Waals surface area contributed by atoms with E-state index in [4.69, 9.17) is 18.3 Å². The zero-order valence-corrected chi connectivity index (χ0v) is 19.2. The molecule has 31 heavy (non-hydrogen) atoms. The molecule has 2 aromatic rings. The Balaban J connectivity index is 1.55. The molecule has 3 rings (SSSR count). The molecular weight excluding hydrogens is 407 g/mol. The number of likely N-dealkylation sites (tertiary alicyclic amines) is 1. The second-order valence-electron chi connectivity index (χ2n) is 7.88. The lowest BCUT2D eigenvalue weighted by Gasteiger charge is -2.32. The van der Waals surface area contributed by atoms with Crippen LogP contribution in [0.5, 0.6) is 0 Å². The number of aromatic nitrogens is 1. The van der Waals surface area contributed by atoms with Gasteiger partial charge in [-0.05, 0) is 61.4 Å². The summed E-state index contributed by atoms with van der Waals surface area (Å²) in [5.74, 6) is 0.570. The lowest BCUT2D eigenvalue weighted by atomic mass is 10.0. The minimum absolute atomic E-state index is 0.0676. The summed E-state index contributed by atoms with van der Waals surface area (Å²) in [5.41, 5.74) is 8.44. The van der Waals surface area contributed by atoms with Crippen molar-refractivity contribution in [1.82, 2.24) is 14.8 Å². The molecule has 1 fully saturated rings. The number of nitrogens with one attached hydrogen (secondary N) is 1. The summed E-state index contributed by atoms with van der Waals surface area (Å²) in [5, 5.41) is 3.66. The molecule has 164 valence electrons. The predicted octanol–water partition coefficient (Wildman–Crippen LogP) is 2.02. The first-order valence-electron chi connectivity index (χ1n) is 10.6. The monoisotopic (exact) mass is 438 g/mol. The van der Waals surface area contributed by atoms with Gasteiger partial charge < -0.3 is 25.3 Å². The molecule has 1 aliphatic rings. The number of nitrogen functional groups attached to an aromatic ring is 1. The number of nitrogens with two attached hydrogens (primary N) is 1. The largest absolute Gasteiger partial charge is 0.497 e. The second-order valence-corrected chi connectivity index (χ2v) is 9.04. The van der Waals surface area contributed by atoms with E-state index in [1.54, 1.807) is 41.2 Å². The van der Waals surface area contributed by atoms with Crippen LogP contribution in [0.4, 0.5) is 5.69 Å². The molecule has 2 radical (unpaired) electrons. The van der Waals surface area contributed by atoms with Gasteiger partial charge in [0, 0.05) is 42.7 Å². The molecule has 1 aliphatic heterocycles. The molecule has 2 aromatic heterocycles. The smallest absolute Gasteiger partial charge is 0.251 e. The van der Waals surface area contributed by atoms with Crippen molar-refractivity contribution >= 4 is 35.7 Å². The van der Waals surface area contributed by atoms with Crippen molar-refractivity contribution < 1.29 is 4.74 Å². The van der Waals surface area contributed by atoms with Crippen LogP contribution in [0.2, 0.25) is 0 Å². The summed E-state index contributed by atoms with van der Waals surface area (Å²) >= 11 is 1.66. The van der Waals surface area contributed by atoms with Crippen LogP contribution in [-0.2, 0) is 17.8 Å². The van der Waals surface area contributed by atoms with Crippen LogP contribution in [0.1, 0.15) is 29.0 Å². The Bertz CT molecular complexity index is 970. The summed E-state index contributed by atoms with van der Waals surface area (Å²) in [6, 6.07) is 5.83.